The molecular formula is C15H22N2O2. The molecule has 1 atom stereocenters. The van der Waals surface area contributed by atoms with Gasteiger partial charge in [-0.05, 0) is 36.0 Å². The van der Waals surface area contributed by atoms with Gasteiger partial charge in [0, 0.05) is 13.1 Å². The molecule has 2 rings (SSSR count). The van der Waals surface area contributed by atoms with Gasteiger partial charge in [0.25, 0.3) is 0 Å². The van der Waals surface area contributed by atoms with Gasteiger partial charge in [-0.15, -0.1) is 0 Å². The lowest BCUT2D eigenvalue weighted by Gasteiger charge is -2.28. The van der Waals surface area contributed by atoms with Crippen LogP contribution in [0.15, 0.2) is 18.2 Å². The van der Waals surface area contributed by atoms with Gasteiger partial charge in [-0.2, -0.15) is 0 Å². The Hall–Kier alpha value is -1.71. The van der Waals surface area contributed by atoms with Crippen molar-refractivity contribution >= 4 is 17.3 Å². The molecule has 0 amide bonds. The quantitative estimate of drug-likeness (QED) is 0.804. The number of hydrogen-bond acceptors (Lipinski definition) is 3. The summed E-state index contributed by atoms with van der Waals surface area (Å²) in [7, 11) is 0. The molecule has 0 radical (unpaired) electrons. The monoisotopic (exact) mass is 262 g/mol. The molecule has 104 valence electrons. The molecule has 1 aliphatic rings. The number of carbonyl (C=O) groups is 1. The second-order valence-electron chi connectivity index (χ2n) is 6.38. The number of aromatic carboxylic acids is 1. The summed E-state index contributed by atoms with van der Waals surface area (Å²) >= 11 is 0. The maximum absolute atomic E-state index is 11.0. The Morgan fingerprint density at radius 2 is 2.11 bits per heavy atom. The van der Waals surface area contributed by atoms with E-state index >= 15 is 0 Å². The lowest BCUT2D eigenvalue weighted by Crippen LogP contribution is -2.26. The van der Waals surface area contributed by atoms with Gasteiger partial charge in [-0.25, -0.2) is 4.79 Å². The van der Waals surface area contributed by atoms with E-state index in [1.54, 1.807) is 18.2 Å². The van der Waals surface area contributed by atoms with Crippen LogP contribution in [0.3, 0.4) is 0 Å². The van der Waals surface area contributed by atoms with Crippen LogP contribution in [-0.2, 0) is 0 Å². The van der Waals surface area contributed by atoms with Gasteiger partial charge in [0.1, 0.15) is 0 Å². The van der Waals surface area contributed by atoms with E-state index in [0.717, 1.165) is 25.2 Å². The molecule has 1 aliphatic heterocycles. The first kappa shape index (κ1) is 13.7. The summed E-state index contributed by atoms with van der Waals surface area (Å²) in [5, 5.41) is 9.06. The fourth-order valence-electron chi connectivity index (χ4n) is 2.64. The Morgan fingerprint density at radius 3 is 2.63 bits per heavy atom. The zero-order chi connectivity index (χ0) is 14.2. The first-order valence-corrected chi connectivity index (χ1v) is 6.67. The van der Waals surface area contributed by atoms with Gasteiger partial charge in [0.2, 0.25) is 0 Å². The molecule has 4 nitrogen and oxygen atoms in total. The van der Waals surface area contributed by atoms with Crippen LogP contribution in [0.2, 0.25) is 0 Å². The Balaban J connectivity index is 2.24. The summed E-state index contributed by atoms with van der Waals surface area (Å²) < 4.78 is 0. The maximum Gasteiger partial charge on any atom is 0.335 e. The predicted molar refractivity (Wildman–Crippen MR) is 77.6 cm³/mol. The van der Waals surface area contributed by atoms with Crippen molar-refractivity contribution in [3.05, 3.63) is 23.8 Å². The molecule has 0 saturated carbocycles. The van der Waals surface area contributed by atoms with E-state index in [1.165, 1.54) is 0 Å². The molecule has 0 aliphatic carbocycles. The van der Waals surface area contributed by atoms with Crippen molar-refractivity contribution in [2.24, 2.45) is 11.3 Å². The molecule has 0 aromatic heterocycles. The third-order valence-electron chi connectivity index (χ3n) is 4.03. The largest absolute Gasteiger partial charge is 0.478 e. The summed E-state index contributed by atoms with van der Waals surface area (Å²) in [5.74, 6) is -0.298. The fraction of sp³-hybridized carbons (Fsp3) is 0.533. The third-order valence-corrected chi connectivity index (χ3v) is 4.03. The Morgan fingerprint density at radius 1 is 1.42 bits per heavy atom. The number of rotatable bonds is 2. The average molecular weight is 262 g/mol. The molecule has 19 heavy (non-hydrogen) atoms. The molecule has 1 unspecified atom stereocenters. The molecule has 1 heterocycles. The zero-order valence-electron chi connectivity index (χ0n) is 11.8. The van der Waals surface area contributed by atoms with Gasteiger partial charge in [-0.1, -0.05) is 20.8 Å². The van der Waals surface area contributed by atoms with Crippen molar-refractivity contribution in [3.8, 4) is 0 Å². The molecular weight excluding hydrogens is 240 g/mol. The highest BCUT2D eigenvalue weighted by Crippen LogP contribution is 2.37. The van der Waals surface area contributed by atoms with E-state index in [1.807, 2.05) is 0 Å². The Kier molecular flexibility index (Phi) is 3.43. The van der Waals surface area contributed by atoms with Gasteiger partial charge in [-0.3, -0.25) is 0 Å². The molecule has 1 saturated heterocycles. The number of nitrogen functional groups attached to an aromatic ring is 1. The lowest BCUT2D eigenvalue weighted by molar-refractivity contribution is 0.0697. The van der Waals surface area contributed by atoms with Crippen LogP contribution >= 0.6 is 0 Å². The SMILES string of the molecule is CC(C)(C)C1CCN(c2cc(C(=O)O)ccc2N)C1. The van der Waals surface area contributed by atoms with Crippen LogP contribution in [0.1, 0.15) is 37.6 Å². The fourth-order valence-corrected chi connectivity index (χ4v) is 2.64. The molecule has 0 bridgehead atoms. The van der Waals surface area contributed by atoms with Gasteiger partial charge >= 0.3 is 5.97 Å². The van der Waals surface area contributed by atoms with Crippen molar-refractivity contribution < 1.29 is 9.90 Å². The van der Waals surface area contributed by atoms with E-state index in [9.17, 15) is 4.79 Å². The van der Waals surface area contributed by atoms with Crippen LogP contribution < -0.4 is 10.6 Å². The van der Waals surface area contributed by atoms with E-state index in [0.29, 0.717) is 17.2 Å². The second kappa shape index (κ2) is 4.76. The third kappa shape index (κ3) is 2.83. The van der Waals surface area contributed by atoms with E-state index < -0.39 is 5.97 Å². The minimum Gasteiger partial charge on any atom is -0.478 e. The van der Waals surface area contributed by atoms with Crippen molar-refractivity contribution in [2.45, 2.75) is 27.2 Å². The normalized spacial score (nSPS) is 19.7. The summed E-state index contributed by atoms with van der Waals surface area (Å²) in [6, 6.07) is 4.92. The van der Waals surface area contributed by atoms with E-state index in [4.69, 9.17) is 10.8 Å². The molecule has 4 heteroatoms. The number of anilines is 2. The van der Waals surface area contributed by atoms with Crippen molar-refractivity contribution in [2.75, 3.05) is 23.7 Å². The molecule has 0 spiro atoms. The van der Waals surface area contributed by atoms with Crippen LogP contribution in [0.4, 0.5) is 11.4 Å². The first-order chi connectivity index (χ1) is 8.79. The second-order valence-corrected chi connectivity index (χ2v) is 6.38. The van der Waals surface area contributed by atoms with Gasteiger partial charge in [0.05, 0.1) is 16.9 Å². The van der Waals surface area contributed by atoms with Crippen molar-refractivity contribution in [3.63, 3.8) is 0 Å². The molecule has 3 N–H and O–H groups in total. The van der Waals surface area contributed by atoms with Gasteiger partial charge in [0.15, 0.2) is 0 Å². The first-order valence-electron chi connectivity index (χ1n) is 6.67. The number of benzene rings is 1. The predicted octanol–water partition coefficient (Wildman–Crippen LogP) is 2.84. The summed E-state index contributed by atoms with van der Waals surface area (Å²) in [6.07, 6.45) is 1.13. The van der Waals surface area contributed by atoms with E-state index in [2.05, 4.69) is 25.7 Å². The standard InChI is InChI=1S/C15H22N2O2/c1-15(2,3)11-6-7-17(9-11)13-8-10(14(18)19)4-5-12(13)16/h4-5,8,11H,6-7,9,16H2,1-3H3,(H,18,19). The van der Waals surface area contributed by atoms with Crippen LogP contribution in [0.5, 0.6) is 0 Å². The minimum atomic E-state index is -0.909. The number of carboxylic acids is 1. The average Bonchev–Trinajstić information content (AvgIpc) is 2.78. The Bertz CT molecular complexity index is 491. The maximum atomic E-state index is 11.0. The number of nitrogens with two attached hydrogens (primary N) is 1. The highest BCUT2D eigenvalue weighted by atomic mass is 16.4. The lowest BCUT2D eigenvalue weighted by atomic mass is 9.80. The zero-order valence-corrected chi connectivity index (χ0v) is 11.8. The van der Waals surface area contributed by atoms with Crippen LogP contribution in [0.25, 0.3) is 0 Å². The van der Waals surface area contributed by atoms with Crippen molar-refractivity contribution in [1.29, 1.82) is 0 Å². The van der Waals surface area contributed by atoms with Crippen LogP contribution in [-0.4, -0.2) is 24.2 Å². The number of hydrogen-bond donors (Lipinski definition) is 2. The van der Waals surface area contributed by atoms with Crippen molar-refractivity contribution in [1.82, 2.24) is 0 Å². The topological polar surface area (TPSA) is 66.6 Å². The summed E-state index contributed by atoms with van der Waals surface area (Å²) in [4.78, 5) is 13.2. The van der Waals surface area contributed by atoms with E-state index in [-0.39, 0.29) is 5.41 Å². The molecule has 1 fully saturated rings. The highest BCUT2D eigenvalue weighted by Gasteiger charge is 2.32. The highest BCUT2D eigenvalue weighted by molar-refractivity contribution is 5.90. The minimum absolute atomic E-state index is 0.272. The van der Waals surface area contributed by atoms with Crippen LogP contribution in [0, 0.1) is 11.3 Å². The summed E-state index contributed by atoms with van der Waals surface area (Å²) in [6.45, 7) is 8.63. The molecule has 1 aromatic rings. The smallest absolute Gasteiger partial charge is 0.335 e. The Labute approximate surface area is 114 Å². The van der Waals surface area contributed by atoms with Gasteiger partial charge < -0.3 is 15.7 Å². The number of nitrogens with zero attached hydrogens (tertiary/aromatic N) is 1. The molecule has 1 aromatic carbocycles. The summed E-state index contributed by atoms with van der Waals surface area (Å²) in [5.41, 5.74) is 8.06. The number of carboxylic acid groups (broad SMARTS) is 1.